The second-order valence-corrected chi connectivity index (χ2v) is 4.60. The van der Waals surface area contributed by atoms with E-state index in [0.717, 1.165) is 5.56 Å². The molecule has 0 bridgehead atoms. The van der Waals surface area contributed by atoms with Crippen LogP contribution >= 0.6 is 11.3 Å². The van der Waals surface area contributed by atoms with Gasteiger partial charge in [-0.1, -0.05) is 23.5 Å². The molecule has 0 saturated carbocycles. The number of nitrogens with two attached hydrogens (primary N) is 2. The molecule has 1 aromatic carbocycles. The normalized spacial score (nSPS) is 10.2. The summed E-state index contributed by atoms with van der Waals surface area (Å²) in [4.78, 5) is 12.8. The fraction of sp³-hybridized carbons (Fsp3) is 0.182. The van der Waals surface area contributed by atoms with Crippen LogP contribution in [-0.4, -0.2) is 22.6 Å². The molecule has 2 rings (SSSR count). The lowest BCUT2D eigenvalue weighted by atomic mass is 10.2. The summed E-state index contributed by atoms with van der Waals surface area (Å²) in [6.45, 7) is 0.618. The lowest BCUT2D eigenvalue weighted by Crippen LogP contribution is -2.33. The van der Waals surface area contributed by atoms with Gasteiger partial charge in [-0.05, 0) is 17.7 Å². The zero-order valence-electron chi connectivity index (χ0n) is 9.61. The molecule has 2 aromatic rings. The molecule has 1 heterocycles. The number of nitrogens with zero attached hydrogens (tertiary/aromatic N) is 3. The Balaban J connectivity index is 2.17. The van der Waals surface area contributed by atoms with Gasteiger partial charge < -0.3 is 16.4 Å². The van der Waals surface area contributed by atoms with Crippen LogP contribution in [0.4, 0.5) is 10.8 Å². The Hall–Kier alpha value is -2.15. The summed E-state index contributed by atoms with van der Waals surface area (Å²) in [5, 5.41) is 8.37. The Bertz CT molecular complexity index is 528. The summed E-state index contributed by atoms with van der Waals surface area (Å²) in [7, 11) is 0. The molecule has 0 unspecified atom stereocenters. The zero-order chi connectivity index (χ0) is 13.0. The van der Waals surface area contributed by atoms with Crippen molar-refractivity contribution in [2.24, 2.45) is 5.73 Å². The van der Waals surface area contributed by atoms with Crippen molar-refractivity contribution >= 4 is 28.1 Å². The number of carbonyl (C=O) groups excluding carboxylic acids is 1. The highest BCUT2D eigenvalue weighted by molar-refractivity contribution is 7.13. The third-order valence-corrected chi connectivity index (χ3v) is 3.04. The van der Waals surface area contributed by atoms with Crippen molar-refractivity contribution in [3.63, 3.8) is 0 Å². The van der Waals surface area contributed by atoms with Crippen LogP contribution in [0, 0.1) is 0 Å². The van der Waals surface area contributed by atoms with Crippen LogP contribution < -0.4 is 16.4 Å². The average Bonchev–Trinajstić information content (AvgIpc) is 2.80. The quantitative estimate of drug-likeness (QED) is 0.770. The predicted octanol–water partition coefficient (Wildman–Crippen LogP) is 0.612. The second-order valence-electron chi connectivity index (χ2n) is 3.79. The number of anilines is 2. The molecule has 0 aliphatic rings. The number of rotatable bonds is 5. The lowest BCUT2D eigenvalue weighted by Gasteiger charge is -2.19. The highest BCUT2D eigenvalue weighted by Gasteiger charge is 2.13. The van der Waals surface area contributed by atoms with Crippen molar-refractivity contribution < 1.29 is 4.79 Å². The number of aromatic nitrogens is 2. The van der Waals surface area contributed by atoms with E-state index in [-0.39, 0.29) is 6.54 Å². The molecular weight excluding hydrogens is 250 g/mol. The molecular formula is C11H13N5OS. The molecule has 7 heteroatoms. The summed E-state index contributed by atoms with van der Waals surface area (Å²) < 4.78 is 0. The molecule has 0 radical (unpaired) electrons. The number of carbonyl (C=O) groups is 1. The number of benzene rings is 1. The van der Waals surface area contributed by atoms with Crippen LogP contribution in [0.2, 0.25) is 0 Å². The maximum atomic E-state index is 11.1. The van der Waals surface area contributed by atoms with E-state index in [0.29, 0.717) is 17.4 Å². The third-order valence-electron chi connectivity index (χ3n) is 2.29. The van der Waals surface area contributed by atoms with Crippen molar-refractivity contribution in [2.45, 2.75) is 6.54 Å². The molecule has 18 heavy (non-hydrogen) atoms. The molecule has 1 amide bonds. The van der Waals surface area contributed by atoms with E-state index in [1.807, 2.05) is 24.3 Å². The maximum Gasteiger partial charge on any atom is 0.237 e. The number of amides is 1. The fourth-order valence-corrected chi connectivity index (χ4v) is 2.16. The Kier molecular flexibility index (Phi) is 3.73. The number of hydrogen-bond donors (Lipinski definition) is 2. The first-order valence-electron chi connectivity index (χ1n) is 5.29. The van der Waals surface area contributed by atoms with Crippen LogP contribution in [0.25, 0.3) is 0 Å². The standard InChI is InChI=1S/C11H13N5OS/c12-9-3-1-2-8(4-9)5-16(6-10(13)17)11-15-14-7-18-11/h1-4,7H,5-6,12H2,(H2,13,17). The Labute approximate surface area is 108 Å². The van der Waals surface area contributed by atoms with E-state index in [1.54, 1.807) is 10.4 Å². The number of nitrogen functional groups attached to an aromatic ring is 1. The van der Waals surface area contributed by atoms with Gasteiger partial charge in [-0.2, -0.15) is 0 Å². The topological polar surface area (TPSA) is 98.1 Å². The second kappa shape index (κ2) is 5.46. The van der Waals surface area contributed by atoms with Gasteiger partial charge in [0.15, 0.2) is 0 Å². The molecule has 1 aromatic heterocycles. The summed E-state index contributed by atoms with van der Waals surface area (Å²) in [5.74, 6) is -0.408. The molecule has 0 atom stereocenters. The highest BCUT2D eigenvalue weighted by atomic mass is 32.1. The summed E-state index contributed by atoms with van der Waals surface area (Å²) in [6, 6.07) is 7.47. The van der Waals surface area contributed by atoms with Crippen molar-refractivity contribution in [1.82, 2.24) is 10.2 Å². The molecule has 94 valence electrons. The molecule has 0 spiro atoms. The van der Waals surface area contributed by atoms with E-state index < -0.39 is 5.91 Å². The summed E-state index contributed by atoms with van der Waals surface area (Å²) in [5.41, 5.74) is 14.2. The van der Waals surface area contributed by atoms with Gasteiger partial charge in [0.05, 0.1) is 6.54 Å². The van der Waals surface area contributed by atoms with Gasteiger partial charge in [-0.25, -0.2) is 0 Å². The molecule has 0 fully saturated rings. The average molecular weight is 263 g/mol. The lowest BCUT2D eigenvalue weighted by molar-refractivity contribution is -0.116. The van der Waals surface area contributed by atoms with E-state index in [9.17, 15) is 4.79 Å². The smallest absolute Gasteiger partial charge is 0.237 e. The first kappa shape index (κ1) is 12.3. The summed E-state index contributed by atoms with van der Waals surface area (Å²) >= 11 is 1.36. The molecule has 6 nitrogen and oxygen atoms in total. The first-order chi connectivity index (χ1) is 8.65. The number of hydrogen-bond acceptors (Lipinski definition) is 6. The van der Waals surface area contributed by atoms with Gasteiger partial charge >= 0.3 is 0 Å². The minimum absolute atomic E-state index is 0.101. The maximum absolute atomic E-state index is 11.1. The van der Waals surface area contributed by atoms with Gasteiger partial charge in [-0.15, -0.1) is 10.2 Å². The van der Waals surface area contributed by atoms with E-state index in [2.05, 4.69) is 10.2 Å². The monoisotopic (exact) mass is 263 g/mol. The van der Waals surface area contributed by atoms with Gasteiger partial charge in [0.2, 0.25) is 11.0 Å². The molecule has 0 saturated heterocycles. The Morgan fingerprint density at radius 1 is 1.44 bits per heavy atom. The van der Waals surface area contributed by atoms with Gasteiger partial charge in [0.1, 0.15) is 5.51 Å². The third kappa shape index (κ3) is 3.17. The number of primary amides is 1. The van der Waals surface area contributed by atoms with Gasteiger partial charge in [0.25, 0.3) is 0 Å². The SMILES string of the molecule is NC(=O)CN(Cc1cccc(N)c1)c1nncs1. The van der Waals surface area contributed by atoms with Crippen LogP contribution in [0.1, 0.15) is 5.56 Å². The van der Waals surface area contributed by atoms with Gasteiger partial charge in [-0.3, -0.25) is 4.79 Å². The fourth-order valence-electron chi connectivity index (χ4n) is 1.60. The van der Waals surface area contributed by atoms with E-state index >= 15 is 0 Å². The van der Waals surface area contributed by atoms with Crippen LogP contribution in [0.15, 0.2) is 29.8 Å². The van der Waals surface area contributed by atoms with Crippen molar-refractivity contribution in [3.8, 4) is 0 Å². The predicted molar refractivity (Wildman–Crippen MR) is 71.0 cm³/mol. The van der Waals surface area contributed by atoms with Crippen LogP contribution in [0.5, 0.6) is 0 Å². The minimum Gasteiger partial charge on any atom is -0.399 e. The highest BCUT2D eigenvalue weighted by Crippen LogP contribution is 2.19. The first-order valence-corrected chi connectivity index (χ1v) is 6.17. The Morgan fingerprint density at radius 3 is 2.89 bits per heavy atom. The molecule has 4 N–H and O–H groups in total. The zero-order valence-corrected chi connectivity index (χ0v) is 10.4. The van der Waals surface area contributed by atoms with E-state index in [4.69, 9.17) is 11.5 Å². The van der Waals surface area contributed by atoms with Crippen LogP contribution in [0.3, 0.4) is 0 Å². The molecule has 0 aliphatic carbocycles. The van der Waals surface area contributed by atoms with Crippen molar-refractivity contribution in [2.75, 3.05) is 17.2 Å². The molecule has 0 aliphatic heterocycles. The van der Waals surface area contributed by atoms with Gasteiger partial charge in [0, 0.05) is 12.2 Å². The minimum atomic E-state index is -0.408. The van der Waals surface area contributed by atoms with Crippen molar-refractivity contribution in [1.29, 1.82) is 0 Å². The largest absolute Gasteiger partial charge is 0.399 e. The summed E-state index contributed by atoms with van der Waals surface area (Å²) in [6.07, 6.45) is 0. The van der Waals surface area contributed by atoms with Crippen LogP contribution in [-0.2, 0) is 11.3 Å². The van der Waals surface area contributed by atoms with Crippen molar-refractivity contribution in [3.05, 3.63) is 35.3 Å². The van der Waals surface area contributed by atoms with E-state index in [1.165, 1.54) is 11.3 Å². The Morgan fingerprint density at radius 2 is 2.28 bits per heavy atom.